The third kappa shape index (κ3) is 3.94. The summed E-state index contributed by atoms with van der Waals surface area (Å²) in [5.41, 5.74) is 3.29. The van der Waals surface area contributed by atoms with E-state index in [9.17, 15) is 0 Å². The van der Waals surface area contributed by atoms with Crippen LogP contribution in [0.4, 0.5) is 11.5 Å². The second-order valence-corrected chi connectivity index (χ2v) is 5.29. The van der Waals surface area contributed by atoms with Gasteiger partial charge in [0.2, 0.25) is 0 Å². The molecule has 2 rings (SSSR count). The average molecular weight is 284 g/mol. The average Bonchev–Trinajstić information content (AvgIpc) is 2.52. The Morgan fingerprint density at radius 1 is 1.05 bits per heavy atom. The quantitative estimate of drug-likeness (QED) is 0.880. The molecule has 112 valence electrons. The molecule has 1 N–H and O–H groups in total. The standard InChI is InChI=1S/C17H24N4/c1-5-11-18-16-12-14(6-2)19-17(20-16)13-7-9-15(10-8-13)21(3)4/h7-10,12H,5-6,11H2,1-4H3,(H,18,19,20). The summed E-state index contributed by atoms with van der Waals surface area (Å²) in [6, 6.07) is 10.4. The van der Waals surface area contributed by atoms with Crippen LogP contribution in [0.3, 0.4) is 0 Å². The van der Waals surface area contributed by atoms with Crippen LogP contribution in [0.5, 0.6) is 0 Å². The lowest BCUT2D eigenvalue weighted by Gasteiger charge is -2.13. The maximum absolute atomic E-state index is 4.64. The molecule has 0 aliphatic rings. The Labute approximate surface area is 127 Å². The maximum atomic E-state index is 4.64. The largest absolute Gasteiger partial charge is 0.378 e. The zero-order valence-corrected chi connectivity index (χ0v) is 13.3. The van der Waals surface area contributed by atoms with Crippen LogP contribution in [0.2, 0.25) is 0 Å². The van der Waals surface area contributed by atoms with E-state index in [1.165, 1.54) is 5.69 Å². The summed E-state index contributed by atoms with van der Waals surface area (Å²) in [6.45, 7) is 5.19. The Hall–Kier alpha value is -2.10. The lowest BCUT2D eigenvalue weighted by atomic mass is 10.1. The molecular weight excluding hydrogens is 260 g/mol. The number of aryl methyl sites for hydroxylation is 1. The highest BCUT2D eigenvalue weighted by Gasteiger charge is 2.06. The molecule has 0 spiro atoms. The van der Waals surface area contributed by atoms with Gasteiger partial charge < -0.3 is 10.2 Å². The molecule has 0 unspecified atom stereocenters. The number of hydrogen-bond donors (Lipinski definition) is 1. The van der Waals surface area contributed by atoms with Gasteiger partial charge in [0.15, 0.2) is 5.82 Å². The van der Waals surface area contributed by atoms with Gasteiger partial charge in [-0.3, -0.25) is 0 Å². The topological polar surface area (TPSA) is 41.1 Å². The first kappa shape index (κ1) is 15.3. The molecule has 4 heteroatoms. The van der Waals surface area contributed by atoms with Crippen LogP contribution >= 0.6 is 0 Å². The zero-order chi connectivity index (χ0) is 15.2. The van der Waals surface area contributed by atoms with E-state index in [0.717, 1.165) is 42.3 Å². The smallest absolute Gasteiger partial charge is 0.161 e. The van der Waals surface area contributed by atoms with Crippen molar-refractivity contribution in [1.82, 2.24) is 9.97 Å². The highest BCUT2D eigenvalue weighted by Crippen LogP contribution is 2.21. The molecule has 1 aromatic carbocycles. The van der Waals surface area contributed by atoms with Gasteiger partial charge in [0.05, 0.1) is 0 Å². The predicted molar refractivity (Wildman–Crippen MR) is 90.0 cm³/mol. The third-order valence-electron chi connectivity index (χ3n) is 3.34. The second-order valence-electron chi connectivity index (χ2n) is 5.29. The molecular formula is C17H24N4. The number of rotatable bonds is 6. The minimum atomic E-state index is 0.790. The summed E-state index contributed by atoms with van der Waals surface area (Å²) < 4.78 is 0. The van der Waals surface area contributed by atoms with Gasteiger partial charge in [-0.05, 0) is 37.1 Å². The van der Waals surface area contributed by atoms with Gasteiger partial charge in [0.25, 0.3) is 0 Å². The summed E-state index contributed by atoms with van der Waals surface area (Å²) in [5.74, 6) is 1.70. The molecule has 1 aromatic heterocycles. The monoisotopic (exact) mass is 284 g/mol. The number of aromatic nitrogens is 2. The molecule has 2 aromatic rings. The van der Waals surface area contributed by atoms with Gasteiger partial charge in [-0.25, -0.2) is 9.97 Å². The summed E-state index contributed by atoms with van der Waals surface area (Å²) >= 11 is 0. The van der Waals surface area contributed by atoms with Crippen molar-refractivity contribution < 1.29 is 0 Å². The maximum Gasteiger partial charge on any atom is 0.161 e. The van der Waals surface area contributed by atoms with Gasteiger partial charge in [-0.2, -0.15) is 0 Å². The highest BCUT2D eigenvalue weighted by atomic mass is 15.1. The fourth-order valence-corrected chi connectivity index (χ4v) is 2.06. The predicted octanol–water partition coefficient (Wildman–Crippen LogP) is 3.59. The van der Waals surface area contributed by atoms with E-state index in [1.807, 2.05) is 20.2 Å². The third-order valence-corrected chi connectivity index (χ3v) is 3.34. The Morgan fingerprint density at radius 3 is 2.33 bits per heavy atom. The molecule has 0 aliphatic heterocycles. The fraction of sp³-hybridized carbons (Fsp3) is 0.412. The summed E-state index contributed by atoms with van der Waals surface area (Å²) in [4.78, 5) is 11.4. The number of nitrogens with zero attached hydrogens (tertiary/aromatic N) is 3. The summed E-state index contributed by atoms with van der Waals surface area (Å²) in [7, 11) is 4.08. The van der Waals surface area contributed by atoms with E-state index in [1.54, 1.807) is 0 Å². The minimum Gasteiger partial charge on any atom is -0.378 e. The van der Waals surface area contributed by atoms with Crippen molar-refractivity contribution in [3.63, 3.8) is 0 Å². The van der Waals surface area contributed by atoms with Gasteiger partial charge in [-0.1, -0.05) is 13.8 Å². The van der Waals surface area contributed by atoms with Gasteiger partial charge in [0.1, 0.15) is 5.82 Å². The molecule has 1 heterocycles. The van der Waals surface area contributed by atoms with Crippen LogP contribution < -0.4 is 10.2 Å². The molecule has 0 saturated carbocycles. The summed E-state index contributed by atoms with van der Waals surface area (Å²) in [5, 5.41) is 3.35. The van der Waals surface area contributed by atoms with Crippen molar-refractivity contribution in [2.45, 2.75) is 26.7 Å². The number of benzene rings is 1. The lowest BCUT2D eigenvalue weighted by molar-refractivity contribution is 0.951. The summed E-state index contributed by atoms with van der Waals surface area (Å²) in [6.07, 6.45) is 1.99. The van der Waals surface area contributed by atoms with Crippen molar-refractivity contribution in [1.29, 1.82) is 0 Å². The normalized spacial score (nSPS) is 10.5. The van der Waals surface area contributed by atoms with E-state index in [2.05, 4.69) is 58.3 Å². The van der Waals surface area contributed by atoms with E-state index in [-0.39, 0.29) is 0 Å². The van der Waals surface area contributed by atoms with Crippen molar-refractivity contribution in [2.24, 2.45) is 0 Å². The van der Waals surface area contributed by atoms with E-state index >= 15 is 0 Å². The molecule has 0 saturated heterocycles. The highest BCUT2D eigenvalue weighted by molar-refractivity contribution is 5.61. The molecule has 0 atom stereocenters. The van der Waals surface area contributed by atoms with Crippen LogP contribution in [0.15, 0.2) is 30.3 Å². The zero-order valence-electron chi connectivity index (χ0n) is 13.3. The van der Waals surface area contributed by atoms with Crippen molar-refractivity contribution in [2.75, 3.05) is 30.9 Å². The van der Waals surface area contributed by atoms with Crippen molar-refractivity contribution >= 4 is 11.5 Å². The van der Waals surface area contributed by atoms with Crippen molar-refractivity contribution in [3.05, 3.63) is 36.0 Å². The van der Waals surface area contributed by atoms with Gasteiger partial charge >= 0.3 is 0 Å². The number of nitrogens with one attached hydrogen (secondary N) is 1. The fourth-order valence-electron chi connectivity index (χ4n) is 2.06. The Morgan fingerprint density at radius 2 is 1.76 bits per heavy atom. The van der Waals surface area contributed by atoms with Gasteiger partial charge in [0, 0.05) is 43.7 Å². The lowest BCUT2D eigenvalue weighted by Crippen LogP contribution is -2.08. The van der Waals surface area contributed by atoms with Crippen molar-refractivity contribution in [3.8, 4) is 11.4 Å². The Kier molecular flexibility index (Phi) is 5.14. The van der Waals surface area contributed by atoms with Crippen LogP contribution in [0.25, 0.3) is 11.4 Å². The Balaban J connectivity index is 2.32. The minimum absolute atomic E-state index is 0.790. The SMILES string of the molecule is CCCNc1cc(CC)nc(-c2ccc(N(C)C)cc2)n1. The van der Waals surface area contributed by atoms with E-state index in [0.29, 0.717) is 0 Å². The van der Waals surface area contributed by atoms with Crippen LogP contribution in [-0.4, -0.2) is 30.6 Å². The second kappa shape index (κ2) is 7.07. The Bertz CT molecular complexity index is 576. The molecule has 4 nitrogen and oxygen atoms in total. The van der Waals surface area contributed by atoms with E-state index < -0.39 is 0 Å². The number of anilines is 2. The van der Waals surface area contributed by atoms with Crippen LogP contribution in [0.1, 0.15) is 26.0 Å². The molecule has 0 aliphatic carbocycles. The van der Waals surface area contributed by atoms with E-state index in [4.69, 9.17) is 0 Å². The first-order chi connectivity index (χ1) is 10.1. The molecule has 0 bridgehead atoms. The molecule has 21 heavy (non-hydrogen) atoms. The van der Waals surface area contributed by atoms with Crippen LogP contribution in [-0.2, 0) is 6.42 Å². The first-order valence-corrected chi connectivity index (χ1v) is 7.53. The first-order valence-electron chi connectivity index (χ1n) is 7.53. The van der Waals surface area contributed by atoms with Gasteiger partial charge in [-0.15, -0.1) is 0 Å². The molecule has 0 fully saturated rings. The van der Waals surface area contributed by atoms with Crippen LogP contribution in [0, 0.1) is 0 Å². The molecule has 0 amide bonds. The molecule has 0 radical (unpaired) electrons. The number of hydrogen-bond acceptors (Lipinski definition) is 4.